The Hall–Kier alpha value is -2.21. The maximum absolute atomic E-state index is 13.1. The van der Waals surface area contributed by atoms with Crippen molar-refractivity contribution in [3.05, 3.63) is 77.2 Å². The highest BCUT2D eigenvalue weighted by Crippen LogP contribution is 2.32. The first-order valence-electron chi connectivity index (χ1n) is 11.1. The van der Waals surface area contributed by atoms with Crippen molar-refractivity contribution >= 4 is 0 Å². The van der Waals surface area contributed by atoms with Gasteiger partial charge < -0.3 is 0 Å². The molecule has 0 atom stereocenters. The van der Waals surface area contributed by atoms with E-state index in [0.29, 0.717) is 6.42 Å². The van der Waals surface area contributed by atoms with E-state index in [1.54, 1.807) is 12.5 Å². The van der Waals surface area contributed by atoms with E-state index in [4.69, 9.17) is 0 Å². The van der Waals surface area contributed by atoms with E-state index < -0.39 is 11.7 Å². The molecule has 0 amide bonds. The standard InChI is InChI=1S/C27H32F3/c1-2-3-4-5-6-7-8-9-10-11-14-23-17-19-24(20-18-23)21-22-25-15-12-13-16-26(25)27(28,29)30/h12-13,15-20,22H,2-10,21H2,1H3. The molecule has 0 aromatic heterocycles. The number of alkyl halides is 3. The van der Waals surface area contributed by atoms with Crippen molar-refractivity contribution in [2.24, 2.45) is 0 Å². The van der Waals surface area contributed by atoms with Gasteiger partial charge in [0.05, 0.1) is 5.56 Å². The molecule has 0 bridgehead atoms. The van der Waals surface area contributed by atoms with E-state index in [2.05, 4.69) is 18.8 Å². The first-order chi connectivity index (χ1) is 14.5. The topological polar surface area (TPSA) is 0 Å². The molecule has 2 aromatic rings. The Balaban J connectivity index is 1.72. The van der Waals surface area contributed by atoms with Gasteiger partial charge in [-0.3, -0.25) is 0 Å². The Kier molecular flexibility index (Phi) is 10.6. The van der Waals surface area contributed by atoms with Crippen LogP contribution in [0, 0.1) is 18.3 Å². The molecule has 3 heteroatoms. The molecule has 0 aliphatic carbocycles. The third kappa shape index (κ3) is 9.08. The molecule has 2 aromatic carbocycles. The minimum atomic E-state index is -4.33. The van der Waals surface area contributed by atoms with Gasteiger partial charge in [0.1, 0.15) is 0 Å². The van der Waals surface area contributed by atoms with Gasteiger partial charge in [0, 0.05) is 12.0 Å². The van der Waals surface area contributed by atoms with Gasteiger partial charge in [0.2, 0.25) is 0 Å². The first kappa shape index (κ1) is 24.1. The van der Waals surface area contributed by atoms with Crippen LogP contribution in [0.15, 0.2) is 48.5 Å². The fourth-order valence-corrected chi connectivity index (χ4v) is 3.40. The molecule has 0 saturated carbocycles. The minimum absolute atomic E-state index is 0.222. The van der Waals surface area contributed by atoms with Gasteiger partial charge >= 0.3 is 6.18 Å². The summed E-state index contributed by atoms with van der Waals surface area (Å²) in [6.07, 6.45) is 9.05. The Morgan fingerprint density at radius 1 is 0.800 bits per heavy atom. The van der Waals surface area contributed by atoms with E-state index in [1.807, 2.05) is 24.3 Å². The van der Waals surface area contributed by atoms with E-state index in [-0.39, 0.29) is 5.56 Å². The van der Waals surface area contributed by atoms with Gasteiger partial charge in [-0.05, 0) is 48.6 Å². The van der Waals surface area contributed by atoms with Crippen molar-refractivity contribution in [2.45, 2.75) is 77.3 Å². The van der Waals surface area contributed by atoms with Crippen molar-refractivity contribution < 1.29 is 13.2 Å². The molecule has 30 heavy (non-hydrogen) atoms. The fourth-order valence-electron chi connectivity index (χ4n) is 3.40. The molecule has 0 spiro atoms. The zero-order chi connectivity index (χ0) is 21.7. The molecule has 161 valence electrons. The first-order valence-corrected chi connectivity index (χ1v) is 11.1. The van der Waals surface area contributed by atoms with E-state index in [9.17, 15) is 13.2 Å². The number of hydrogen-bond donors (Lipinski definition) is 0. The smallest absolute Gasteiger partial charge is 0.166 e. The van der Waals surface area contributed by atoms with Crippen molar-refractivity contribution in [2.75, 3.05) is 0 Å². The molecular weight excluding hydrogens is 381 g/mol. The molecule has 0 N–H and O–H groups in total. The van der Waals surface area contributed by atoms with E-state index >= 15 is 0 Å². The van der Waals surface area contributed by atoms with Gasteiger partial charge in [-0.1, -0.05) is 94.0 Å². The summed E-state index contributed by atoms with van der Waals surface area (Å²) in [7, 11) is 0. The highest BCUT2D eigenvalue weighted by Gasteiger charge is 2.32. The summed E-state index contributed by atoms with van der Waals surface area (Å²) in [6.45, 7) is 2.24. The largest absolute Gasteiger partial charge is 0.416 e. The second-order valence-corrected chi connectivity index (χ2v) is 7.72. The van der Waals surface area contributed by atoms with E-state index in [1.165, 1.54) is 57.1 Å². The van der Waals surface area contributed by atoms with Crippen LogP contribution < -0.4 is 0 Å². The lowest BCUT2D eigenvalue weighted by Gasteiger charge is -2.12. The van der Waals surface area contributed by atoms with Crippen molar-refractivity contribution in [1.29, 1.82) is 0 Å². The summed E-state index contributed by atoms with van der Waals surface area (Å²) in [5.41, 5.74) is 1.56. The Morgan fingerprint density at radius 2 is 1.43 bits per heavy atom. The lowest BCUT2D eigenvalue weighted by atomic mass is 9.99. The third-order valence-electron chi connectivity index (χ3n) is 5.17. The van der Waals surface area contributed by atoms with Crippen LogP contribution in [-0.4, -0.2) is 0 Å². The SMILES string of the molecule is CCCCCCCCCCC#Cc1ccc(C[CH]c2ccccc2C(F)(F)F)cc1. The van der Waals surface area contributed by atoms with Crippen LogP contribution in [0.5, 0.6) is 0 Å². The number of rotatable bonds is 11. The van der Waals surface area contributed by atoms with Crippen LogP contribution in [0.1, 0.15) is 87.0 Å². The minimum Gasteiger partial charge on any atom is -0.166 e. The van der Waals surface area contributed by atoms with Crippen LogP contribution in [0.25, 0.3) is 0 Å². The van der Waals surface area contributed by atoms with Gasteiger partial charge in [-0.2, -0.15) is 13.2 Å². The monoisotopic (exact) mass is 413 g/mol. The average Bonchev–Trinajstić information content (AvgIpc) is 2.74. The molecule has 0 nitrogen and oxygen atoms in total. The highest BCUT2D eigenvalue weighted by molar-refractivity contribution is 5.39. The number of unbranched alkanes of at least 4 members (excludes halogenated alkanes) is 8. The van der Waals surface area contributed by atoms with Gasteiger partial charge in [-0.25, -0.2) is 0 Å². The second-order valence-electron chi connectivity index (χ2n) is 7.72. The summed E-state index contributed by atoms with van der Waals surface area (Å²) in [6, 6.07) is 13.4. The summed E-state index contributed by atoms with van der Waals surface area (Å²) in [5, 5.41) is 0. The predicted molar refractivity (Wildman–Crippen MR) is 119 cm³/mol. The third-order valence-corrected chi connectivity index (χ3v) is 5.17. The molecule has 0 aliphatic heterocycles. The van der Waals surface area contributed by atoms with Gasteiger partial charge in [0.25, 0.3) is 0 Å². The van der Waals surface area contributed by atoms with Gasteiger partial charge in [0.15, 0.2) is 0 Å². The average molecular weight is 414 g/mol. The summed E-state index contributed by atoms with van der Waals surface area (Å²) in [5.74, 6) is 6.42. The second kappa shape index (κ2) is 13.2. The Labute approximate surface area is 179 Å². The van der Waals surface area contributed by atoms with Crippen molar-refractivity contribution in [3.8, 4) is 11.8 Å². The van der Waals surface area contributed by atoms with E-state index in [0.717, 1.165) is 30.0 Å². The zero-order valence-corrected chi connectivity index (χ0v) is 17.9. The number of hydrogen-bond acceptors (Lipinski definition) is 0. The van der Waals surface area contributed by atoms with Crippen molar-refractivity contribution in [3.63, 3.8) is 0 Å². The molecule has 0 heterocycles. The van der Waals surface area contributed by atoms with Crippen molar-refractivity contribution in [1.82, 2.24) is 0 Å². The maximum atomic E-state index is 13.1. The quantitative estimate of drug-likeness (QED) is 0.256. The Bertz CT molecular complexity index is 791. The number of benzene rings is 2. The van der Waals surface area contributed by atoms with Crippen LogP contribution >= 0.6 is 0 Å². The Morgan fingerprint density at radius 3 is 2.10 bits per heavy atom. The lowest BCUT2D eigenvalue weighted by Crippen LogP contribution is -2.08. The number of halogens is 3. The summed E-state index contributed by atoms with van der Waals surface area (Å²) in [4.78, 5) is 0. The normalized spacial score (nSPS) is 11.2. The highest BCUT2D eigenvalue weighted by atomic mass is 19.4. The van der Waals surface area contributed by atoms with Crippen LogP contribution in [0.4, 0.5) is 13.2 Å². The molecular formula is C27H32F3. The maximum Gasteiger partial charge on any atom is 0.416 e. The predicted octanol–water partition coefficient (Wildman–Crippen LogP) is 8.38. The van der Waals surface area contributed by atoms with Crippen LogP contribution in [-0.2, 0) is 12.6 Å². The van der Waals surface area contributed by atoms with Crippen LogP contribution in [0.3, 0.4) is 0 Å². The lowest BCUT2D eigenvalue weighted by molar-refractivity contribution is -0.137. The molecule has 0 unspecified atom stereocenters. The van der Waals surface area contributed by atoms with Crippen LogP contribution in [0.2, 0.25) is 0 Å². The zero-order valence-electron chi connectivity index (χ0n) is 17.9. The molecule has 0 aliphatic rings. The summed E-state index contributed by atoms with van der Waals surface area (Å²) < 4.78 is 39.2. The molecule has 2 rings (SSSR count). The summed E-state index contributed by atoms with van der Waals surface area (Å²) >= 11 is 0. The molecule has 0 saturated heterocycles. The fraction of sp³-hybridized carbons (Fsp3) is 0.444. The molecule has 1 radical (unpaired) electrons. The van der Waals surface area contributed by atoms with Gasteiger partial charge in [-0.15, -0.1) is 0 Å². The molecule has 0 fully saturated rings.